The molecule has 1 rings (SSSR count). The van der Waals surface area contributed by atoms with Gasteiger partial charge in [-0.1, -0.05) is 13.8 Å². The molecule has 0 heterocycles. The van der Waals surface area contributed by atoms with Gasteiger partial charge in [-0.05, 0) is 50.3 Å². The first-order valence-electron chi connectivity index (χ1n) is 7.44. The molecule has 0 unspecified atom stereocenters. The maximum atomic E-state index is 12.0. The largest absolute Gasteiger partial charge is 0.352 e. The highest BCUT2D eigenvalue weighted by Gasteiger charge is 2.07. The lowest BCUT2D eigenvalue weighted by atomic mass is 10.2. The number of rotatable bonds is 9. The van der Waals surface area contributed by atoms with Crippen LogP contribution in [0.25, 0.3) is 0 Å². The number of anilines is 1. The number of hydrogen-bond acceptors (Lipinski definition) is 4. The van der Waals surface area contributed by atoms with E-state index in [9.17, 15) is 13.2 Å². The number of nitrogens with one attached hydrogen (secondary N) is 2. The van der Waals surface area contributed by atoms with Crippen LogP contribution in [0.2, 0.25) is 0 Å². The Kier molecular flexibility index (Phi) is 7.34. The summed E-state index contributed by atoms with van der Waals surface area (Å²) in [5.41, 5.74) is 0.961. The van der Waals surface area contributed by atoms with Crippen molar-refractivity contribution in [3.63, 3.8) is 0 Å². The molecular weight excluding hydrogens is 302 g/mol. The standard InChI is InChI=1S/C15H25N3O3S/c1-4-18(5-2)12-6-11-16-15(19)13-7-9-14(10-8-13)17-22(3,20)21/h7-10,17H,4-6,11-12H2,1-3H3,(H,16,19). The van der Waals surface area contributed by atoms with Crippen LogP contribution < -0.4 is 10.0 Å². The fourth-order valence-electron chi connectivity index (χ4n) is 2.05. The van der Waals surface area contributed by atoms with E-state index in [1.54, 1.807) is 24.3 Å². The van der Waals surface area contributed by atoms with Crippen molar-refractivity contribution in [2.75, 3.05) is 37.2 Å². The quantitative estimate of drug-likeness (QED) is 0.674. The van der Waals surface area contributed by atoms with Crippen LogP contribution in [-0.2, 0) is 10.0 Å². The van der Waals surface area contributed by atoms with Gasteiger partial charge in [0.05, 0.1) is 6.26 Å². The second kappa shape index (κ2) is 8.75. The van der Waals surface area contributed by atoms with Gasteiger partial charge < -0.3 is 10.2 Å². The third kappa shape index (κ3) is 6.91. The molecule has 0 aromatic heterocycles. The molecule has 22 heavy (non-hydrogen) atoms. The van der Waals surface area contributed by atoms with Gasteiger partial charge >= 0.3 is 0 Å². The molecular formula is C15H25N3O3S. The van der Waals surface area contributed by atoms with Crippen molar-refractivity contribution < 1.29 is 13.2 Å². The Balaban J connectivity index is 2.43. The molecule has 0 bridgehead atoms. The fraction of sp³-hybridized carbons (Fsp3) is 0.533. The van der Waals surface area contributed by atoms with E-state index in [0.29, 0.717) is 17.8 Å². The van der Waals surface area contributed by atoms with E-state index in [-0.39, 0.29) is 5.91 Å². The van der Waals surface area contributed by atoms with Gasteiger partial charge in [-0.25, -0.2) is 8.42 Å². The van der Waals surface area contributed by atoms with Crippen LogP contribution in [0.1, 0.15) is 30.6 Å². The summed E-state index contributed by atoms with van der Waals surface area (Å²) in [4.78, 5) is 14.3. The Morgan fingerprint density at radius 1 is 1.14 bits per heavy atom. The van der Waals surface area contributed by atoms with Gasteiger partial charge in [0.25, 0.3) is 5.91 Å². The molecule has 1 aromatic rings. The second-order valence-corrected chi connectivity index (χ2v) is 6.84. The van der Waals surface area contributed by atoms with E-state index in [2.05, 4.69) is 28.8 Å². The van der Waals surface area contributed by atoms with E-state index >= 15 is 0 Å². The molecule has 0 spiro atoms. The highest BCUT2D eigenvalue weighted by molar-refractivity contribution is 7.92. The van der Waals surface area contributed by atoms with Gasteiger partial charge in [0.15, 0.2) is 0 Å². The number of amides is 1. The zero-order valence-corrected chi connectivity index (χ0v) is 14.2. The van der Waals surface area contributed by atoms with Gasteiger partial charge in [0.2, 0.25) is 10.0 Å². The molecule has 0 aliphatic rings. The van der Waals surface area contributed by atoms with Crippen LogP contribution >= 0.6 is 0 Å². The van der Waals surface area contributed by atoms with Crippen molar-refractivity contribution in [1.82, 2.24) is 10.2 Å². The minimum absolute atomic E-state index is 0.148. The molecule has 0 radical (unpaired) electrons. The van der Waals surface area contributed by atoms with Crippen LogP contribution in [-0.4, -0.2) is 51.7 Å². The first-order valence-corrected chi connectivity index (χ1v) is 9.33. The average Bonchev–Trinajstić information content (AvgIpc) is 2.46. The summed E-state index contributed by atoms with van der Waals surface area (Å²) in [5, 5.41) is 2.87. The number of benzene rings is 1. The Morgan fingerprint density at radius 3 is 2.23 bits per heavy atom. The summed E-state index contributed by atoms with van der Waals surface area (Å²) in [6.45, 7) is 7.85. The third-order valence-electron chi connectivity index (χ3n) is 3.28. The van der Waals surface area contributed by atoms with Gasteiger partial charge in [-0.3, -0.25) is 9.52 Å². The summed E-state index contributed by atoms with van der Waals surface area (Å²) in [6, 6.07) is 6.36. The third-order valence-corrected chi connectivity index (χ3v) is 3.89. The maximum Gasteiger partial charge on any atom is 0.251 e. The fourth-order valence-corrected chi connectivity index (χ4v) is 2.61. The first kappa shape index (κ1) is 18.4. The summed E-state index contributed by atoms with van der Waals surface area (Å²) >= 11 is 0. The highest BCUT2D eigenvalue weighted by atomic mass is 32.2. The van der Waals surface area contributed by atoms with E-state index < -0.39 is 10.0 Å². The molecule has 6 nitrogen and oxygen atoms in total. The van der Waals surface area contributed by atoms with E-state index in [1.165, 1.54) is 0 Å². The summed E-state index contributed by atoms with van der Waals surface area (Å²) in [7, 11) is -3.30. The van der Waals surface area contributed by atoms with Crippen molar-refractivity contribution in [2.24, 2.45) is 0 Å². The smallest absolute Gasteiger partial charge is 0.251 e. The molecule has 0 saturated heterocycles. The molecule has 0 saturated carbocycles. The number of carbonyl (C=O) groups is 1. The summed E-state index contributed by atoms with van der Waals surface area (Å²) in [6.07, 6.45) is 1.99. The predicted octanol–water partition coefficient (Wildman–Crippen LogP) is 1.52. The minimum Gasteiger partial charge on any atom is -0.352 e. The lowest BCUT2D eigenvalue weighted by molar-refractivity contribution is 0.0952. The molecule has 2 N–H and O–H groups in total. The van der Waals surface area contributed by atoms with Gasteiger partial charge in [-0.2, -0.15) is 0 Å². The van der Waals surface area contributed by atoms with Crippen molar-refractivity contribution in [3.8, 4) is 0 Å². The second-order valence-electron chi connectivity index (χ2n) is 5.09. The molecule has 0 aliphatic carbocycles. The van der Waals surface area contributed by atoms with Crippen LogP contribution in [0.5, 0.6) is 0 Å². The number of sulfonamides is 1. The zero-order chi connectivity index (χ0) is 16.6. The molecule has 1 aromatic carbocycles. The highest BCUT2D eigenvalue weighted by Crippen LogP contribution is 2.10. The SMILES string of the molecule is CCN(CC)CCCNC(=O)c1ccc(NS(C)(=O)=O)cc1. The van der Waals surface area contributed by atoms with Crippen molar-refractivity contribution in [1.29, 1.82) is 0 Å². The Labute approximate surface area is 132 Å². The van der Waals surface area contributed by atoms with Crippen LogP contribution in [0.3, 0.4) is 0 Å². The van der Waals surface area contributed by atoms with Crippen molar-refractivity contribution in [2.45, 2.75) is 20.3 Å². The van der Waals surface area contributed by atoms with Gasteiger partial charge in [-0.15, -0.1) is 0 Å². The maximum absolute atomic E-state index is 12.0. The zero-order valence-electron chi connectivity index (χ0n) is 13.4. The Bertz CT molecular complexity index is 566. The molecule has 1 amide bonds. The van der Waals surface area contributed by atoms with Crippen LogP contribution in [0, 0.1) is 0 Å². The van der Waals surface area contributed by atoms with Crippen LogP contribution in [0.15, 0.2) is 24.3 Å². The normalized spacial score (nSPS) is 11.5. The monoisotopic (exact) mass is 327 g/mol. The average molecular weight is 327 g/mol. The number of carbonyl (C=O) groups excluding carboxylic acids is 1. The number of nitrogens with zero attached hydrogens (tertiary/aromatic N) is 1. The Morgan fingerprint density at radius 2 is 1.73 bits per heavy atom. The molecule has 124 valence electrons. The van der Waals surface area contributed by atoms with E-state index in [1.807, 2.05) is 0 Å². The van der Waals surface area contributed by atoms with E-state index in [4.69, 9.17) is 0 Å². The van der Waals surface area contributed by atoms with E-state index in [0.717, 1.165) is 32.3 Å². The summed E-state index contributed by atoms with van der Waals surface area (Å²) < 4.78 is 24.6. The topological polar surface area (TPSA) is 78.5 Å². The molecule has 0 atom stereocenters. The lowest BCUT2D eigenvalue weighted by Crippen LogP contribution is -2.29. The van der Waals surface area contributed by atoms with Gasteiger partial charge in [0.1, 0.15) is 0 Å². The molecule has 0 aliphatic heterocycles. The lowest BCUT2D eigenvalue weighted by Gasteiger charge is -2.17. The summed E-state index contributed by atoms with van der Waals surface area (Å²) in [5.74, 6) is -0.148. The van der Waals surface area contributed by atoms with Crippen LogP contribution in [0.4, 0.5) is 5.69 Å². The van der Waals surface area contributed by atoms with Crippen molar-refractivity contribution >= 4 is 21.6 Å². The Hall–Kier alpha value is -1.60. The predicted molar refractivity (Wildman–Crippen MR) is 89.6 cm³/mol. The minimum atomic E-state index is -3.30. The molecule has 0 fully saturated rings. The van der Waals surface area contributed by atoms with Gasteiger partial charge in [0, 0.05) is 17.8 Å². The molecule has 7 heteroatoms. The van der Waals surface area contributed by atoms with Crippen molar-refractivity contribution in [3.05, 3.63) is 29.8 Å². The number of hydrogen-bond donors (Lipinski definition) is 2. The first-order chi connectivity index (χ1) is 10.4.